The molecule has 5 nitrogen and oxygen atoms in total. The molecule has 1 N–H and O–H groups in total. The van der Waals surface area contributed by atoms with E-state index in [9.17, 15) is 4.79 Å². The van der Waals surface area contributed by atoms with Crippen molar-refractivity contribution < 1.29 is 4.79 Å². The van der Waals surface area contributed by atoms with Crippen LogP contribution in [0, 0.1) is 0 Å². The van der Waals surface area contributed by atoms with E-state index in [0.29, 0.717) is 19.0 Å². The summed E-state index contributed by atoms with van der Waals surface area (Å²) in [7, 11) is 2.05. The Bertz CT molecular complexity index is 884. The van der Waals surface area contributed by atoms with Gasteiger partial charge >= 0.3 is 0 Å². The number of carbonyl (C=O) groups excluding carboxylic acids is 1. The van der Waals surface area contributed by atoms with Crippen LogP contribution in [0.4, 0.5) is 0 Å². The number of rotatable bonds is 6. The van der Waals surface area contributed by atoms with Crippen molar-refractivity contribution in [2.24, 2.45) is 0 Å². The first-order valence-electron chi connectivity index (χ1n) is 8.79. The van der Waals surface area contributed by atoms with E-state index in [1.165, 1.54) is 19.3 Å². The van der Waals surface area contributed by atoms with E-state index in [1.54, 1.807) is 0 Å². The van der Waals surface area contributed by atoms with Gasteiger partial charge in [0.1, 0.15) is 0 Å². The zero-order chi connectivity index (χ0) is 17.2. The third-order valence-corrected chi connectivity index (χ3v) is 5.11. The van der Waals surface area contributed by atoms with E-state index < -0.39 is 0 Å². The van der Waals surface area contributed by atoms with Gasteiger partial charge in [0, 0.05) is 35.1 Å². The van der Waals surface area contributed by atoms with Gasteiger partial charge in [-0.15, -0.1) is 0 Å². The highest BCUT2D eigenvalue weighted by Gasteiger charge is 2.23. The zero-order valence-electron chi connectivity index (χ0n) is 14.4. The van der Waals surface area contributed by atoms with Gasteiger partial charge in [-0.05, 0) is 43.0 Å². The lowest BCUT2D eigenvalue weighted by Crippen LogP contribution is -2.40. The second-order valence-electron chi connectivity index (χ2n) is 6.94. The van der Waals surface area contributed by atoms with Crippen LogP contribution in [0.2, 0.25) is 0 Å². The van der Waals surface area contributed by atoms with Gasteiger partial charge in [-0.1, -0.05) is 18.6 Å². The van der Waals surface area contributed by atoms with Gasteiger partial charge in [-0.25, -0.2) is 0 Å². The number of Topliss-reactive ketones (excluding diaryl/α,β-unsaturated/α-hetero) is 1. The number of nitrogens with zero attached hydrogens (tertiary/aromatic N) is 3. The van der Waals surface area contributed by atoms with E-state index >= 15 is 0 Å². The summed E-state index contributed by atoms with van der Waals surface area (Å²) in [5, 5.41) is 9.02. The van der Waals surface area contributed by atoms with Gasteiger partial charge in [0.2, 0.25) is 0 Å². The zero-order valence-corrected chi connectivity index (χ0v) is 14.4. The predicted octanol–water partition coefficient (Wildman–Crippen LogP) is 3.22. The number of benzene rings is 1. The Balaban J connectivity index is 1.50. The van der Waals surface area contributed by atoms with Crippen molar-refractivity contribution in [3.63, 3.8) is 0 Å². The molecule has 4 rings (SSSR count). The summed E-state index contributed by atoms with van der Waals surface area (Å²) < 4.78 is 0. The van der Waals surface area contributed by atoms with Crippen molar-refractivity contribution in [2.75, 3.05) is 13.6 Å². The second kappa shape index (κ2) is 6.76. The molecule has 25 heavy (non-hydrogen) atoms. The fourth-order valence-corrected chi connectivity index (χ4v) is 3.36. The lowest BCUT2D eigenvalue weighted by atomic mass is 9.91. The normalized spacial score (nSPS) is 14.8. The maximum atomic E-state index is 12.4. The molecular weight excluding hydrogens is 312 g/mol. The average molecular weight is 334 g/mol. The van der Waals surface area contributed by atoms with Crippen LogP contribution in [0.15, 0.2) is 42.9 Å². The number of pyridine rings is 1. The molecule has 0 unspecified atom stereocenters. The van der Waals surface area contributed by atoms with Crippen LogP contribution < -0.4 is 0 Å². The molecule has 2 heterocycles. The minimum atomic E-state index is 0.229. The average Bonchev–Trinajstić information content (AvgIpc) is 3.06. The van der Waals surface area contributed by atoms with E-state index in [-0.39, 0.29) is 5.78 Å². The lowest BCUT2D eigenvalue weighted by molar-refractivity contribution is -0.120. The number of carbonyl (C=O) groups is 1. The van der Waals surface area contributed by atoms with Gasteiger partial charge in [-0.2, -0.15) is 5.10 Å². The monoisotopic (exact) mass is 334 g/mol. The largest absolute Gasteiger partial charge is 0.298 e. The summed E-state index contributed by atoms with van der Waals surface area (Å²) in [6.45, 7) is 0.513. The highest BCUT2D eigenvalue weighted by molar-refractivity contribution is 5.88. The molecular formula is C20H22N4O. The Hall–Kier alpha value is -2.53. The van der Waals surface area contributed by atoms with Crippen molar-refractivity contribution >= 4 is 16.6 Å². The van der Waals surface area contributed by atoms with E-state index in [4.69, 9.17) is 0 Å². The molecule has 5 heteroatoms. The van der Waals surface area contributed by atoms with Crippen molar-refractivity contribution in [2.45, 2.75) is 31.7 Å². The van der Waals surface area contributed by atoms with Crippen LogP contribution in [0.1, 0.15) is 25.0 Å². The SMILES string of the molecule is CN(CC(=O)Cc1cc2cc(-c3cn[nH]c3)ccc2cn1)C1CCC1. The number of hydrogen-bond acceptors (Lipinski definition) is 4. The predicted molar refractivity (Wildman–Crippen MR) is 98.3 cm³/mol. The first-order valence-corrected chi connectivity index (χ1v) is 8.79. The molecule has 3 aromatic rings. The smallest absolute Gasteiger partial charge is 0.152 e. The quantitative estimate of drug-likeness (QED) is 0.752. The van der Waals surface area contributed by atoms with Gasteiger partial charge in [0.05, 0.1) is 19.2 Å². The highest BCUT2D eigenvalue weighted by Crippen LogP contribution is 2.25. The van der Waals surface area contributed by atoms with Gasteiger partial charge in [-0.3, -0.25) is 19.8 Å². The molecule has 0 atom stereocenters. The standard InChI is InChI=1S/C20H22N4O/c1-24(19-3-2-4-19)13-20(25)9-18-8-16-7-14(17-11-22-23-12-17)5-6-15(16)10-21-18/h5-8,10-12,19H,2-4,9,13H2,1H3,(H,22,23). The molecule has 1 aromatic carbocycles. The van der Waals surface area contributed by atoms with Crippen LogP contribution in [-0.2, 0) is 11.2 Å². The lowest BCUT2D eigenvalue weighted by Gasteiger charge is -2.34. The molecule has 2 aromatic heterocycles. The van der Waals surface area contributed by atoms with Crippen LogP contribution in [-0.4, -0.2) is 45.5 Å². The number of fused-ring (bicyclic) bond motifs is 1. The van der Waals surface area contributed by atoms with Crippen molar-refractivity contribution in [1.29, 1.82) is 0 Å². The Morgan fingerprint density at radius 1 is 1.20 bits per heavy atom. The molecule has 0 radical (unpaired) electrons. The molecule has 128 valence electrons. The maximum absolute atomic E-state index is 12.4. The van der Waals surface area contributed by atoms with Gasteiger partial charge in [0.25, 0.3) is 0 Å². The Labute approximate surface area is 147 Å². The summed E-state index contributed by atoms with van der Waals surface area (Å²) in [4.78, 5) is 19.0. The van der Waals surface area contributed by atoms with Gasteiger partial charge < -0.3 is 0 Å². The summed E-state index contributed by atoms with van der Waals surface area (Å²) in [6.07, 6.45) is 9.65. The Morgan fingerprint density at radius 3 is 2.80 bits per heavy atom. The highest BCUT2D eigenvalue weighted by atomic mass is 16.1. The third-order valence-electron chi connectivity index (χ3n) is 5.11. The number of hydrogen-bond donors (Lipinski definition) is 1. The fraction of sp³-hybridized carbons (Fsp3) is 0.350. The molecule has 1 aliphatic rings. The van der Waals surface area contributed by atoms with E-state index in [1.807, 2.05) is 31.7 Å². The van der Waals surface area contributed by atoms with Crippen LogP contribution in [0.25, 0.3) is 21.9 Å². The molecule has 1 aliphatic carbocycles. The summed E-state index contributed by atoms with van der Waals surface area (Å²) in [5.41, 5.74) is 3.00. The molecule has 0 saturated heterocycles. The van der Waals surface area contributed by atoms with Crippen LogP contribution in [0.5, 0.6) is 0 Å². The molecule has 0 bridgehead atoms. The maximum Gasteiger partial charge on any atom is 0.152 e. The fourth-order valence-electron chi connectivity index (χ4n) is 3.36. The second-order valence-corrected chi connectivity index (χ2v) is 6.94. The number of H-pyrrole nitrogens is 1. The molecule has 1 saturated carbocycles. The minimum absolute atomic E-state index is 0.229. The van der Waals surface area contributed by atoms with Gasteiger partial charge in [0.15, 0.2) is 5.78 Å². The first kappa shape index (κ1) is 16.0. The molecule has 0 spiro atoms. The number of ketones is 1. The molecule has 1 fully saturated rings. The Kier molecular flexibility index (Phi) is 4.32. The van der Waals surface area contributed by atoms with E-state index in [0.717, 1.165) is 27.6 Å². The molecule has 0 aliphatic heterocycles. The molecule has 0 amide bonds. The number of nitrogens with one attached hydrogen (secondary N) is 1. The van der Waals surface area contributed by atoms with Crippen molar-refractivity contribution in [3.05, 3.63) is 48.5 Å². The van der Waals surface area contributed by atoms with E-state index in [2.05, 4.69) is 38.3 Å². The summed E-state index contributed by atoms with van der Waals surface area (Å²) >= 11 is 0. The summed E-state index contributed by atoms with van der Waals surface area (Å²) in [5.74, 6) is 0.229. The number of aromatic nitrogens is 3. The number of likely N-dealkylation sites (N-methyl/N-ethyl adjacent to an activating group) is 1. The Morgan fingerprint density at radius 2 is 2.08 bits per heavy atom. The first-order chi connectivity index (χ1) is 12.2. The third kappa shape index (κ3) is 3.46. The minimum Gasteiger partial charge on any atom is -0.298 e. The van der Waals surface area contributed by atoms with Crippen LogP contribution in [0.3, 0.4) is 0 Å². The topological polar surface area (TPSA) is 61.9 Å². The van der Waals surface area contributed by atoms with Crippen molar-refractivity contribution in [1.82, 2.24) is 20.1 Å². The summed E-state index contributed by atoms with van der Waals surface area (Å²) in [6, 6.07) is 8.86. The van der Waals surface area contributed by atoms with Crippen LogP contribution >= 0.6 is 0 Å². The van der Waals surface area contributed by atoms with Crippen molar-refractivity contribution in [3.8, 4) is 11.1 Å². The number of aromatic amines is 1.